The van der Waals surface area contributed by atoms with Crippen molar-refractivity contribution in [3.05, 3.63) is 47.6 Å². The Balaban J connectivity index is 0.000000980. The first kappa shape index (κ1) is 10.6. The largest absolute Gasteiger partial charge is 0.297 e. The zero-order valence-corrected chi connectivity index (χ0v) is 8.64. The zero-order valence-electron chi connectivity index (χ0n) is 7.82. The van der Waals surface area contributed by atoms with Crippen LogP contribution in [0.3, 0.4) is 0 Å². The van der Waals surface area contributed by atoms with Gasteiger partial charge in [0.15, 0.2) is 0 Å². The molecule has 0 saturated carbocycles. The van der Waals surface area contributed by atoms with Crippen molar-refractivity contribution in [3.8, 4) is 5.69 Å². The minimum absolute atomic E-state index is 0. The number of H-pyrrole nitrogens is 1. The van der Waals surface area contributed by atoms with Crippen LogP contribution in [-0.4, -0.2) is 9.78 Å². The van der Waals surface area contributed by atoms with E-state index in [1.54, 1.807) is 10.7 Å². The predicted molar refractivity (Wildman–Crippen MR) is 58.0 cm³/mol. The van der Waals surface area contributed by atoms with Gasteiger partial charge in [-0.25, -0.2) is 4.68 Å². The molecular weight excluding hydrogens is 198 g/mol. The Morgan fingerprint density at radius 1 is 1.21 bits per heavy atom. The van der Waals surface area contributed by atoms with Crippen LogP contribution in [-0.2, 0) is 0 Å². The fourth-order valence-electron chi connectivity index (χ4n) is 1.32. The maximum atomic E-state index is 7.66. The van der Waals surface area contributed by atoms with Crippen LogP contribution in [0, 0.1) is 12.3 Å². The van der Waals surface area contributed by atoms with Crippen molar-refractivity contribution in [3.63, 3.8) is 0 Å². The number of halogens is 1. The van der Waals surface area contributed by atoms with Gasteiger partial charge in [0, 0.05) is 11.8 Å². The minimum Gasteiger partial charge on any atom is -0.297 e. The third-order valence-electron chi connectivity index (χ3n) is 1.90. The molecule has 1 heterocycles. The van der Waals surface area contributed by atoms with E-state index in [0.717, 1.165) is 11.4 Å². The van der Waals surface area contributed by atoms with E-state index in [-0.39, 0.29) is 12.4 Å². The van der Waals surface area contributed by atoms with E-state index in [9.17, 15) is 0 Å². The summed E-state index contributed by atoms with van der Waals surface area (Å²) in [5, 5.41) is 10.8. The number of aromatic nitrogens is 2. The van der Waals surface area contributed by atoms with E-state index in [4.69, 9.17) is 5.41 Å². The summed E-state index contributed by atoms with van der Waals surface area (Å²) in [6.07, 6.45) is 0. The topological polar surface area (TPSA) is 44.6 Å². The lowest BCUT2D eigenvalue weighted by Gasteiger charge is -2.00. The van der Waals surface area contributed by atoms with E-state index in [2.05, 4.69) is 5.10 Å². The van der Waals surface area contributed by atoms with Crippen LogP contribution < -0.4 is 5.49 Å². The van der Waals surface area contributed by atoms with Gasteiger partial charge in [-0.2, -0.15) is 0 Å². The Labute approximate surface area is 88.3 Å². The van der Waals surface area contributed by atoms with Crippen molar-refractivity contribution in [2.75, 3.05) is 0 Å². The smallest absolute Gasteiger partial charge is 0.146 e. The molecule has 3 nitrogen and oxygen atoms in total. The minimum atomic E-state index is 0. The fraction of sp³-hybridized carbons (Fsp3) is 0.100. The summed E-state index contributed by atoms with van der Waals surface area (Å²) in [5.74, 6) is 0. The van der Waals surface area contributed by atoms with Crippen LogP contribution in [0.4, 0.5) is 0 Å². The summed E-state index contributed by atoms with van der Waals surface area (Å²) in [5.41, 5.74) is 2.46. The monoisotopic (exact) mass is 209 g/mol. The molecule has 2 aromatic rings. The van der Waals surface area contributed by atoms with Crippen LogP contribution in [0.15, 0.2) is 36.4 Å². The predicted octanol–water partition coefficient (Wildman–Crippen LogP) is 2.02. The molecule has 0 aliphatic rings. The highest BCUT2D eigenvalue weighted by Crippen LogP contribution is 2.02. The molecule has 0 aliphatic carbocycles. The van der Waals surface area contributed by atoms with Gasteiger partial charge in [-0.15, -0.1) is 12.4 Å². The van der Waals surface area contributed by atoms with Crippen LogP contribution in [0.1, 0.15) is 5.69 Å². The second-order valence-electron chi connectivity index (χ2n) is 3.00. The second-order valence-corrected chi connectivity index (χ2v) is 3.00. The third kappa shape index (κ3) is 1.88. The van der Waals surface area contributed by atoms with Crippen molar-refractivity contribution in [2.45, 2.75) is 6.92 Å². The molecule has 0 amide bonds. The zero-order chi connectivity index (χ0) is 9.26. The number of hydrogen-bond acceptors (Lipinski definition) is 1. The molecule has 0 saturated heterocycles. The van der Waals surface area contributed by atoms with Crippen molar-refractivity contribution in [1.82, 2.24) is 9.78 Å². The van der Waals surface area contributed by atoms with Crippen molar-refractivity contribution in [1.29, 1.82) is 5.41 Å². The SMILES string of the molecule is Cc1cc(=N)n(-c2ccccc2)[nH]1.Cl. The maximum Gasteiger partial charge on any atom is 0.146 e. The van der Waals surface area contributed by atoms with E-state index in [1.807, 2.05) is 37.3 Å². The molecule has 0 spiro atoms. The number of hydrogen-bond donors (Lipinski definition) is 2. The normalized spacial score (nSPS) is 9.50. The van der Waals surface area contributed by atoms with Gasteiger partial charge in [-0.3, -0.25) is 10.5 Å². The molecule has 2 rings (SSSR count). The van der Waals surface area contributed by atoms with Crippen molar-refractivity contribution in [2.24, 2.45) is 0 Å². The summed E-state index contributed by atoms with van der Waals surface area (Å²) in [6, 6.07) is 11.6. The van der Waals surface area contributed by atoms with Gasteiger partial charge in [-0.1, -0.05) is 18.2 Å². The van der Waals surface area contributed by atoms with Gasteiger partial charge in [0.25, 0.3) is 0 Å². The van der Waals surface area contributed by atoms with E-state index in [0.29, 0.717) is 5.49 Å². The van der Waals surface area contributed by atoms with Gasteiger partial charge in [-0.05, 0) is 19.1 Å². The highest BCUT2D eigenvalue weighted by molar-refractivity contribution is 5.85. The fourth-order valence-corrected chi connectivity index (χ4v) is 1.32. The molecule has 0 bridgehead atoms. The van der Waals surface area contributed by atoms with Gasteiger partial charge >= 0.3 is 0 Å². The Morgan fingerprint density at radius 2 is 1.86 bits per heavy atom. The third-order valence-corrected chi connectivity index (χ3v) is 1.90. The van der Waals surface area contributed by atoms with E-state index < -0.39 is 0 Å². The molecule has 74 valence electrons. The Kier molecular flexibility index (Phi) is 3.14. The molecule has 14 heavy (non-hydrogen) atoms. The Bertz CT molecular complexity index is 456. The Morgan fingerprint density at radius 3 is 2.36 bits per heavy atom. The van der Waals surface area contributed by atoms with Gasteiger partial charge in [0.05, 0.1) is 5.69 Å². The number of aromatic amines is 1. The summed E-state index contributed by atoms with van der Waals surface area (Å²) < 4.78 is 1.75. The van der Waals surface area contributed by atoms with Gasteiger partial charge in [0.1, 0.15) is 5.49 Å². The molecule has 1 aromatic carbocycles. The number of benzene rings is 1. The number of nitrogens with one attached hydrogen (secondary N) is 2. The summed E-state index contributed by atoms with van der Waals surface area (Å²) in [4.78, 5) is 0. The lowest BCUT2D eigenvalue weighted by atomic mass is 10.3. The second kappa shape index (κ2) is 4.15. The Hall–Kier alpha value is -1.48. The summed E-state index contributed by atoms with van der Waals surface area (Å²) in [7, 11) is 0. The average molecular weight is 210 g/mol. The first-order chi connectivity index (χ1) is 6.27. The standard InChI is InChI=1S/C10H11N3.ClH/c1-8-7-10(11)13(12-8)9-5-3-2-4-6-9;/h2-7,11-12H,1H3;1H. The molecule has 0 unspecified atom stereocenters. The molecule has 0 aliphatic heterocycles. The number of para-hydroxylation sites is 1. The lowest BCUT2D eigenvalue weighted by molar-refractivity contribution is 0.806. The molecule has 4 heteroatoms. The van der Waals surface area contributed by atoms with Crippen LogP contribution >= 0.6 is 12.4 Å². The number of nitrogens with zero attached hydrogens (tertiary/aromatic N) is 1. The highest BCUT2D eigenvalue weighted by Gasteiger charge is 1.97. The van der Waals surface area contributed by atoms with Gasteiger partial charge < -0.3 is 0 Å². The summed E-state index contributed by atoms with van der Waals surface area (Å²) >= 11 is 0. The van der Waals surface area contributed by atoms with Crippen LogP contribution in [0.25, 0.3) is 5.69 Å². The van der Waals surface area contributed by atoms with Crippen LogP contribution in [0.5, 0.6) is 0 Å². The molecule has 2 N–H and O–H groups in total. The maximum absolute atomic E-state index is 7.66. The average Bonchev–Trinajstić information content (AvgIpc) is 2.47. The molecular formula is C10H12ClN3. The van der Waals surface area contributed by atoms with Crippen LogP contribution in [0.2, 0.25) is 0 Å². The molecule has 1 aromatic heterocycles. The highest BCUT2D eigenvalue weighted by atomic mass is 35.5. The van der Waals surface area contributed by atoms with Crippen molar-refractivity contribution >= 4 is 12.4 Å². The lowest BCUT2D eigenvalue weighted by Crippen LogP contribution is -2.13. The van der Waals surface area contributed by atoms with E-state index >= 15 is 0 Å². The first-order valence-electron chi connectivity index (χ1n) is 4.16. The number of aryl methyl sites for hydroxylation is 1. The summed E-state index contributed by atoms with van der Waals surface area (Å²) in [6.45, 7) is 1.94. The van der Waals surface area contributed by atoms with E-state index in [1.165, 1.54) is 0 Å². The molecule has 0 radical (unpaired) electrons. The molecule has 0 atom stereocenters. The quantitative estimate of drug-likeness (QED) is 0.722. The van der Waals surface area contributed by atoms with Gasteiger partial charge in [0.2, 0.25) is 0 Å². The van der Waals surface area contributed by atoms with Crippen molar-refractivity contribution < 1.29 is 0 Å². The molecule has 0 fully saturated rings. The first-order valence-corrected chi connectivity index (χ1v) is 4.16. The number of rotatable bonds is 1.